The topological polar surface area (TPSA) is 52.1 Å². The van der Waals surface area contributed by atoms with E-state index in [0.717, 1.165) is 11.5 Å². The van der Waals surface area contributed by atoms with Crippen LogP contribution < -0.4 is 4.90 Å². The molecule has 0 aliphatic carbocycles. The summed E-state index contributed by atoms with van der Waals surface area (Å²) in [6.07, 6.45) is -0.681. The standard InChI is InChI=1S/C15H20FN3O/c1-10(2)13-8-15(18-17-13)19(3)9-14(20)11-4-6-12(16)7-5-11/h4-8,10,14,20H,9H2,1-3H3,(H,17,18). The minimum Gasteiger partial charge on any atom is -0.387 e. The van der Waals surface area contributed by atoms with E-state index in [-0.39, 0.29) is 5.82 Å². The van der Waals surface area contributed by atoms with Crippen LogP contribution in [0.3, 0.4) is 0 Å². The van der Waals surface area contributed by atoms with E-state index in [4.69, 9.17) is 0 Å². The molecule has 0 fully saturated rings. The number of benzene rings is 1. The molecule has 0 aliphatic rings. The molecule has 2 rings (SSSR count). The lowest BCUT2D eigenvalue weighted by Gasteiger charge is -2.20. The number of aromatic nitrogens is 2. The largest absolute Gasteiger partial charge is 0.387 e. The number of nitrogens with zero attached hydrogens (tertiary/aromatic N) is 2. The molecule has 0 saturated carbocycles. The van der Waals surface area contributed by atoms with E-state index >= 15 is 0 Å². The number of aliphatic hydroxyl groups is 1. The van der Waals surface area contributed by atoms with E-state index in [0.29, 0.717) is 18.0 Å². The SMILES string of the molecule is CC(C)c1cc(N(C)CC(O)c2ccc(F)cc2)n[nH]1. The van der Waals surface area contributed by atoms with Crippen LogP contribution in [0.2, 0.25) is 0 Å². The summed E-state index contributed by atoms with van der Waals surface area (Å²) in [4.78, 5) is 1.87. The van der Waals surface area contributed by atoms with Gasteiger partial charge < -0.3 is 10.0 Å². The number of anilines is 1. The maximum absolute atomic E-state index is 12.8. The lowest BCUT2D eigenvalue weighted by atomic mass is 10.1. The maximum Gasteiger partial charge on any atom is 0.150 e. The predicted molar refractivity (Wildman–Crippen MR) is 77.3 cm³/mol. The highest BCUT2D eigenvalue weighted by molar-refractivity contribution is 5.39. The van der Waals surface area contributed by atoms with Gasteiger partial charge in [0.05, 0.1) is 6.10 Å². The Morgan fingerprint density at radius 1 is 1.30 bits per heavy atom. The van der Waals surface area contributed by atoms with Gasteiger partial charge in [0.25, 0.3) is 0 Å². The van der Waals surface area contributed by atoms with Crippen LogP contribution in [0, 0.1) is 5.82 Å². The molecule has 0 saturated heterocycles. The van der Waals surface area contributed by atoms with Gasteiger partial charge in [0.15, 0.2) is 0 Å². The van der Waals surface area contributed by atoms with Crippen molar-refractivity contribution in [2.24, 2.45) is 0 Å². The van der Waals surface area contributed by atoms with Crippen molar-refractivity contribution < 1.29 is 9.50 Å². The van der Waals surface area contributed by atoms with E-state index in [1.54, 1.807) is 12.1 Å². The molecule has 1 aromatic heterocycles. The lowest BCUT2D eigenvalue weighted by Crippen LogP contribution is -2.24. The molecule has 5 heteroatoms. The normalized spacial score (nSPS) is 12.7. The van der Waals surface area contributed by atoms with Crippen molar-refractivity contribution in [1.82, 2.24) is 10.2 Å². The fourth-order valence-electron chi connectivity index (χ4n) is 1.96. The molecule has 2 N–H and O–H groups in total. The number of aliphatic hydroxyl groups excluding tert-OH is 1. The maximum atomic E-state index is 12.8. The van der Waals surface area contributed by atoms with Gasteiger partial charge in [-0.05, 0) is 23.6 Å². The van der Waals surface area contributed by atoms with Crippen molar-refractivity contribution in [3.63, 3.8) is 0 Å². The quantitative estimate of drug-likeness (QED) is 0.883. The van der Waals surface area contributed by atoms with Gasteiger partial charge in [0, 0.05) is 25.4 Å². The molecular weight excluding hydrogens is 257 g/mol. The lowest BCUT2D eigenvalue weighted by molar-refractivity contribution is 0.184. The van der Waals surface area contributed by atoms with Gasteiger partial charge >= 0.3 is 0 Å². The Hall–Kier alpha value is -1.88. The highest BCUT2D eigenvalue weighted by Crippen LogP contribution is 2.20. The van der Waals surface area contributed by atoms with Crippen molar-refractivity contribution >= 4 is 5.82 Å². The number of nitrogens with one attached hydrogen (secondary N) is 1. The van der Waals surface area contributed by atoms with Crippen LogP contribution in [0.5, 0.6) is 0 Å². The van der Waals surface area contributed by atoms with Crippen LogP contribution >= 0.6 is 0 Å². The van der Waals surface area contributed by atoms with Gasteiger partial charge in [0.1, 0.15) is 11.6 Å². The zero-order valence-electron chi connectivity index (χ0n) is 12.0. The summed E-state index contributed by atoms with van der Waals surface area (Å²) in [6, 6.07) is 7.87. The molecule has 0 amide bonds. The van der Waals surface area contributed by atoms with Crippen LogP contribution in [-0.4, -0.2) is 28.9 Å². The van der Waals surface area contributed by atoms with Crippen molar-refractivity contribution in [3.05, 3.63) is 47.4 Å². The highest BCUT2D eigenvalue weighted by atomic mass is 19.1. The van der Waals surface area contributed by atoms with E-state index in [2.05, 4.69) is 24.0 Å². The summed E-state index contributed by atoms with van der Waals surface area (Å²) in [5.41, 5.74) is 1.75. The molecular formula is C15H20FN3O. The number of likely N-dealkylation sites (N-methyl/N-ethyl adjacent to an activating group) is 1. The van der Waals surface area contributed by atoms with E-state index < -0.39 is 6.10 Å². The van der Waals surface area contributed by atoms with Gasteiger partial charge in [-0.25, -0.2) is 4.39 Å². The van der Waals surface area contributed by atoms with Crippen molar-refractivity contribution in [1.29, 1.82) is 0 Å². The summed E-state index contributed by atoms with van der Waals surface area (Å²) in [7, 11) is 1.87. The second kappa shape index (κ2) is 6.05. The first-order chi connectivity index (χ1) is 9.47. The molecule has 1 heterocycles. The molecule has 1 atom stereocenters. The molecule has 0 radical (unpaired) electrons. The summed E-state index contributed by atoms with van der Waals surface area (Å²) >= 11 is 0. The average Bonchev–Trinajstić information content (AvgIpc) is 2.89. The molecule has 108 valence electrons. The summed E-state index contributed by atoms with van der Waals surface area (Å²) in [5.74, 6) is 0.865. The molecule has 4 nitrogen and oxygen atoms in total. The van der Waals surface area contributed by atoms with Crippen LogP contribution in [0.25, 0.3) is 0 Å². The Morgan fingerprint density at radius 2 is 1.95 bits per heavy atom. The number of halogens is 1. The molecule has 1 aromatic carbocycles. The molecule has 0 bridgehead atoms. The smallest absolute Gasteiger partial charge is 0.150 e. The Morgan fingerprint density at radius 3 is 2.50 bits per heavy atom. The first kappa shape index (κ1) is 14.5. The third-order valence-electron chi connectivity index (χ3n) is 3.30. The minimum absolute atomic E-state index is 0.303. The van der Waals surface area contributed by atoms with Crippen LogP contribution in [0.4, 0.5) is 10.2 Å². The zero-order chi connectivity index (χ0) is 14.7. The minimum atomic E-state index is -0.681. The molecule has 2 aromatic rings. The van der Waals surface area contributed by atoms with Crippen LogP contribution in [0.15, 0.2) is 30.3 Å². The van der Waals surface area contributed by atoms with Gasteiger partial charge in [-0.3, -0.25) is 5.10 Å². The number of rotatable bonds is 5. The number of hydrogen-bond donors (Lipinski definition) is 2. The van der Waals surface area contributed by atoms with Gasteiger partial charge in [-0.2, -0.15) is 5.10 Å². The van der Waals surface area contributed by atoms with E-state index in [1.165, 1.54) is 12.1 Å². The third kappa shape index (κ3) is 3.36. The summed E-state index contributed by atoms with van der Waals surface area (Å²) < 4.78 is 12.8. The van der Waals surface area contributed by atoms with E-state index in [9.17, 15) is 9.50 Å². The zero-order valence-corrected chi connectivity index (χ0v) is 12.0. The number of hydrogen-bond acceptors (Lipinski definition) is 3. The van der Waals surface area contributed by atoms with Crippen LogP contribution in [0.1, 0.15) is 37.1 Å². The second-order valence-corrected chi connectivity index (χ2v) is 5.28. The molecule has 1 unspecified atom stereocenters. The molecule has 0 aliphatic heterocycles. The molecule has 0 spiro atoms. The van der Waals surface area contributed by atoms with Crippen LogP contribution in [-0.2, 0) is 0 Å². The van der Waals surface area contributed by atoms with E-state index in [1.807, 2.05) is 18.0 Å². The number of aromatic amines is 1. The summed E-state index contributed by atoms with van der Waals surface area (Å²) in [6.45, 7) is 4.57. The first-order valence-corrected chi connectivity index (χ1v) is 6.67. The molecule has 20 heavy (non-hydrogen) atoms. The van der Waals surface area contributed by atoms with Crippen molar-refractivity contribution in [2.45, 2.75) is 25.9 Å². The first-order valence-electron chi connectivity index (χ1n) is 6.67. The van der Waals surface area contributed by atoms with Gasteiger partial charge in [-0.1, -0.05) is 26.0 Å². The van der Waals surface area contributed by atoms with Crippen molar-refractivity contribution in [3.8, 4) is 0 Å². The highest BCUT2D eigenvalue weighted by Gasteiger charge is 2.14. The monoisotopic (exact) mass is 277 g/mol. The summed E-state index contributed by atoms with van der Waals surface area (Å²) in [5, 5.41) is 17.4. The van der Waals surface area contributed by atoms with Gasteiger partial charge in [-0.15, -0.1) is 0 Å². The Kier molecular flexibility index (Phi) is 4.39. The Balaban J connectivity index is 2.02. The Bertz CT molecular complexity index is 551. The predicted octanol–water partition coefficient (Wildman–Crippen LogP) is 2.84. The fraction of sp³-hybridized carbons (Fsp3) is 0.400. The fourth-order valence-corrected chi connectivity index (χ4v) is 1.96. The third-order valence-corrected chi connectivity index (χ3v) is 3.30. The van der Waals surface area contributed by atoms with Gasteiger partial charge in [0.2, 0.25) is 0 Å². The van der Waals surface area contributed by atoms with Crippen molar-refractivity contribution in [2.75, 3.05) is 18.5 Å². The Labute approximate surface area is 118 Å². The second-order valence-electron chi connectivity index (χ2n) is 5.28. The number of H-pyrrole nitrogens is 1. The average molecular weight is 277 g/mol.